The lowest BCUT2D eigenvalue weighted by atomic mass is 9.98. The number of ether oxygens (including phenoxy) is 1. The monoisotopic (exact) mass is 265 g/mol. The van der Waals surface area contributed by atoms with E-state index < -0.39 is 16.8 Å². The molecule has 0 aromatic rings. The minimum absolute atomic E-state index is 0.0184. The summed E-state index contributed by atoms with van der Waals surface area (Å²) in [5.41, 5.74) is 8.56. The third kappa shape index (κ3) is 4.29. The summed E-state index contributed by atoms with van der Waals surface area (Å²) >= 11 is 0. The Kier molecular flexibility index (Phi) is 4.84. The van der Waals surface area contributed by atoms with Gasteiger partial charge in [0.05, 0.1) is 4.92 Å². The summed E-state index contributed by atoms with van der Waals surface area (Å²) in [6.07, 6.45) is 3.38. The summed E-state index contributed by atoms with van der Waals surface area (Å²) in [6.45, 7) is 1.11. The van der Waals surface area contributed by atoms with Gasteiger partial charge in [0.15, 0.2) is 0 Å². The largest absolute Gasteiger partial charge is 0.464 e. The number of nitro groups is 1. The van der Waals surface area contributed by atoms with Crippen molar-refractivity contribution < 1.29 is 24.0 Å². The first-order valence-corrected chi connectivity index (χ1v) is 5.35. The molecule has 1 unspecified atom stereocenters. The highest BCUT2D eigenvalue weighted by molar-refractivity contribution is 5.96. The minimum Gasteiger partial charge on any atom is -0.464 e. The molecule has 1 rings (SSSR count). The van der Waals surface area contributed by atoms with E-state index in [4.69, 9.17) is 10.3 Å². The van der Waals surface area contributed by atoms with E-state index in [1.165, 1.54) is 19.1 Å². The molecule has 1 aliphatic carbocycles. The van der Waals surface area contributed by atoms with E-state index in [0.29, 0.717) is 0 Å². The average Bonchev–Trinajstić information content (AvgIpc) is 2.35. The number of hydrogen-bond acceptors (Lipinski definition) is 5. The van der Waals surface area contributed by atoms with E-state index in [1.54, 1.807) is 0 Å². The number of carbonyl (C=O) groups is 2. The molecule has 0 spiro atoms. The molecule has 0 aromatic carbocycles. The van der Waals surface area contributed by atoms with Crippen molar-refractivity contribution in [3.63, 3.8) is 0 Å². The highest BCUT2D eigenvalue weighted by Crippen LogP contribution is 2.14. The first-order chi connectivity index (χ1) is 8.93. The summed E-state index contributed by atoms with van der Waals surface area (Å²) in [7, 11) is 0. The molecule has 0 saturated heterocycles. The molecule has 1 atom stereocenters. The summed E-state index contributed by atoms with van der Waals surface area (Å²) in [5, 5.41) is 10.5. The summed E-state index contributed by atoms with van der Waals surface area (Å²) in [4.78, 5) is 34.7. The highest BCUT2D eigenvalue weighted by atomic mass is 16.6. The zero-order valence-corrected chi connectivity index (χ0v) is 10.1. The lowest BCUT2D eigenvalue weighted by Gasteiger charge is -2.09. The Bertz CT molecular complexity index is 528. The fourth-order valence-electron chi connectivity index (χ4n) is 1.41. The molecule has 8 nitrogen and oxygen atoms in total. The van der Waals surface area contributed by atoms with Gasteiger partial charge < -0.3 is 10.3 Å². The van der Waals surface area contributed by atoms with E-state index in [2.05, 4.69) is 4.79 Å². The maximum Gasteiger partial charge on any atom is 0.313 e. The second-order valence-electron chi connectivity index (χ2n) is 3.88. The van der Waals surface area contributed by atoms with Gasteiger partial charge in [0.25, 0.3) is 5.70 Å². The Hall–Kier alpha value is -2.60. The van der Waals surface area contributed by atoms with Crippen LogP contribution in [0.1, 0.15) is 13.3 Å². The molecular weight excluding hydrogens is 254 g/mol. The van der Waals surface area contributed by atoms with Gasteiger partial charge in [0.2, 0.25) is 0 Å². The quantitative estimate of drug-likeness (QED) is 0.179. The van der Waals surface area contributed by atoms with Gasteiger partial charge in [-0.2, -0.15) is 4.79 Å². The van der Waals surface area contributed by atoms with Crippen LogP contribution in [0.2, 0.25) is 0 Å². The zero-order chi connectivity index (χ0) is 14.4. The predicted molar refractivity (Wildman–Crippen MR) is 62.6 cm³/mol. The summed E-state index contributed by atoms with van der Waals surface area (Å²) in [5.74, 6) is -1.59. The molecule has 0 aromatic heterocycles. The van der Waals surface area contributed by atoms with Crippen molar-refractivity contribution in [3.8, 4) is 0 Å². The lowest BCUT2D eigenvalue weighted by molar-refractivity contribution is -0.419. The van der Waals surface area contributed by atoms with Gasteiger partial charge >= 0.3 is 11.7 Å². The Morgan fingerprint density at radius 2 is 2.26 bits per heavy atom. The predicted octanol–water partition coefficient (Wildman–Crippen LogP) is 0.526. The number of ketones is 1. The molecule has 0 fully saturated rings. The molecular formula is C11H11N3O5. The summed E-state index contributed by atoms with van der Waals surface area (Å²) in [6, 6.07) is 0. The maximum absolute atomic E-state index is 11.2. The van der Waals surface area contributed by atoms with Crippen LogP contribution in [0.15, 0.2) is 23.9 Å². The number of esters is 1. The first kappa shape index (κ1) is 14.5. The van der Waals surface area contributed by atoms with E-state index >= 15 is 0 Å². The number of Topliss-reactive ketones (excluding diaryl/α,β-unsaturated/α-hetero) is 1. The van der Waals surface area contributed by atoms with Crippen LogP contribution in [0.5, 0.6) is 0 Å². The van der Waals surface area contributed by atoms with E-state index in [-0.39, 0.29) is 30.2 Å². The smallest absolute Gasteiger partial charge is 0.313 e. The number of allylic oxidation sites excluding steroid dienone is 2. The third-order valence-electron chi connectivity index (χ3n) is 2.32. The van der Waals surface area contributed by atoms with Crippen molar-refractivity contribution in [1.29, 1.82) is 0 Å². The molecule has 0 bridgehead atoms. The zero-order valence-electron chi connectivity index (χ0n) is 10.1. The number of carbonyl (C=O) groups excluding carboxylic acids is 2. The number of hydrogen-bond donors (Lipinski definition) is 0. The van der Waals surface area contributed by atoms with Gasteiger partial charge in [-0.15, -0.1) is 0 Å². The Labute approximate surface area is 108 Å². The molecule has 0 radical (unpaired) electrons. The van der Waals surface area contributed by atoms with E-state index in [0.717, 1.165) is 6.08 Å². The van der Waals surface area contributed by atoms with Crippen LogP contribution in [0.25, 0.3) is 5.53 Å². The van der Waals surface area contributed by atoms with Gasteiger partial charge in [0.1, 0.15) is 30.8 Å². The second-order valence-corrected chi connectivity index (χ2v) is 3.88. The minimum atomic E-state index is -0.692. The maximum atomic E-state index is 11.2. The number of nitrogens with zero attached hydrogens (tertiary/aromatic N) is 3. The normalized spacial score (nSPS) is 17.4. The van der Waals surface area contributed by atoms with Crippen LogP contribution in [0.4, 0.5) is 0 Å². The molecule has 1 aliphatic rings. The van der Waals surface area contributed by atoms with Crippen molar-refractivity contribution in [1.82, 2.24) is 0 Å². The summed E-state index contributed by atoms with van der Waals surface area (Å²) < 4.78 is 4.82. The number of rotatable bonds is 5. The topological polar surface area (TPSA) is 123 Å². The van der Waals surface area contributed by atoms with Crippen molar-refractivity contribution in [2.75, 3.05) is 6.61 Å². The van der Waals surface area contributed by atoms with Crippen molar-refractivity contribution in [2.45, 2.75) is 13.3 Å². The van der Waals surface area contributed by atoms with Crippen LogP contribution in [0, 0.1) is 16.0 Å². The highest BCUT2D eigenvalue weighted by Gasteiger charge is 2.28. The van der Waals surface area contributed by atoms with Crippen LogP contribution < -0.4 is 0 Å². The van der Waals surface area contributed by atoms with E-state index in [1.807, 2.05) is 0 Å². The van der Waals surface area contributed by atoms with Crippen LogP contribution >= 0.6 is 0 Å². The van der Waals surface area contributed by atoms with Crippen LogP contribution in [-0.4, -0.2) is 33.8 Å². The SMILES string of the molecule is CC(=O)CC(=O)OCC1C=CC([N+](=O)[O-])=CC1=[N+]=[N-]. The van der Waals surface area contributed by atoms with Gasteiger partial charge in [-0.05, 0) is 6.92 Å². The molecule has 8 heteroatoms. The van der Waals surface area contributed by atoms with Gasteiger partial charge in [-0.1, -0.05) is 6.08 Å². The van der Waals surface area contributed by atoms with Gasteiger partial charge in [-0.25, -0.2) is 0 Å². The Morgan fingerprint density at radius 3 is 2.79 bits per heavy atom. The average molecular weight is 265 g/mol. The second kappa shape index (κ2) is 6.36. The molecule has 0 heterocycles. The molecule has 19 heavy (non-hydrogen) atoms. The standard InChI is InChI=1S/C11H11N3O5/c1-7(15)4-11(16)19-6-8-2-3-9(14(17)18)5-10(8)13-12/h2-3,5,8H,4,6H2,1H3. The Balaban J connectivity index is 2.65. The molecule has 100 valence electrons. The van der Waals surface area contributed by atoms with Crippen molar-refractivity contribution in [2.24, 2.45) is 5.92 Å². The molecule has 0 saturated carbocycles. The fraction of sp³-hybridized carbons (Fsp3) is 0.364. The first-order valence-electron chi connectivity index (χ1n) is 5.35. The molecule has 0 N–H and O–H groups in total. The van der Waals surface area contributed by atoms with E-state index in [9.17, 15) is 19.7 Å². The molecule has 0 aliphatic heterocycles. The van der Waals surface area contributed by atoms with Crippen molar-refractivity contribution in [3.05, 3.63) is 39.6 Å². The van der Waals surface area contributed by atoms with Crippen molar-refractivity contribution >= 4 is 17.5 Å². The van der Waals surface area contributed by atoms with Gasteiger partial charge in [-0.3, -0.25) is 19.7 Å². The fourth-order valence-corrected chi connectivity index (χ4v) is 1.41. The Morgan fingerprint density at radius 1 is 1.58 bits per heavy atom. The lowest BCUT2D eigenvalue weighted by Crippen LogP contribution is -2.23. The van der Waals surface area contributed by atoms with Crippen LogP contribution in [-0.2, 0) is 14.3 Å². The molecule has 0 amide bonds. The van der Waals surface area contributed by atoms with Crippen LogP contribution in [0.3, 0.4) is 0 Å². The van der Waals surface area contributed by atoms with Gasteiger partial charge in [0, 0.05) is 6.08 Å². The third-order valence-corrected chi connectivity index (χ3v) is 2.32.